The van der Waals surface area contributed by atoms with Crippen molar-refractivity contribution in [1.82, 2.24) is 9.97 Å². The molecule has 3 N–H and O–H groups in total. The fourth-order valence-electron chi connectivity index (χ4n) is 2.10. The van der Waals surface area contributed by atoms with Gasteiger partial charge < -0.3 is 5.43 Å². The summed E-state index contributed by atoms with van der Waals surface area (Å²) in [6, 6.07) is 8.44. The molecular formula is C14H13FN4S. The lowest BCUT2D eigenvalue weighted by Gasteiger charge is -2.05. The Hall–Kier alpha value is -2.05. The van der Waals surface area contributed by atoms with E-state index < -0.39 is 0 Å². The van der Waals surface area contributed by atoms with E-state index in [2.05, 4.69) is 15.4 Å². The Bertz CT molecular complexity index is 769. The summed E-state index contributed by atoms with van der Waals surface area (Å²) in [5, 5.41) is 0.915. The van der Waals surface area contributed by atoms with Gasteiger partial charge in [-0.25, -0.2) is 20.2 Å². The van der Waals surface area contributed by atoms with Gasteiger partial charge >= 0.3 is 0 Å². The van der Waals surface area contributed by atoms with Gasteiger partial charge in [0.25, 0.3) is 0 Å². The minimum atomic E-state index is -0.257. The van der Waals surface area contributed by atoms with E-state index in [4.69, 9.17) is 5.84 Å². The van der Waals surface area contributed by atoms with Crippen molar-refractivity contribution in [3.05, 3.63) is 52.4 Å². The second-order valence-corrected chi connectivity index (χ2v) is 5.75. The molecule has 6 heteroatoms. The van der Waals surface area contributed by atoms with E-state index in [0.717, 1.165) is 20.7 Å². The SMILES string of the molecule is Cc1cc2c(NN)nc(Cc3cccc(F)c3)nc2s1. The number of hydrazine groups is 1. The highest BCUT2D eigenvalue weighted by Crippen LogP contribution is 2.28. The fourth-order valence-corrected chi connectivity index (χ4v) is 3.00. The third kappa shape index (κ3) is 2.48. The summed E-state index contributed by atoms with van der Waals surface area (Å²) in [5.74, 6) is 6.48. The zero-order valence-corrected chi connectivity index (χ0v) is 11.7. The maximum absolute atomic E-state index is 13.2. The van der Waals surface area contributed by atoms with Crippen molar-refractivity contribution in [2.75, 3.05) is 5.43 Å². The topological polar surface area (TPSA) is 63.8 Å². The fraction of sp³-hybridized carbons (Fsp3) is 0.143. The normalized spacial score (nSPS) is 10.9. The third-order valence-electron chi connectivity index (χ3n) is 2.95. The second kappa shape index (κ2) is 5.15. The van der Waals surface area contributed by atoms with Gasteiger partial charge in [0.15, 0.2) is 5.82 Å². The van der Waals surface area contributed by atoms with Gasteiger partial charge in [-0.2, -0.15) is 0 Å². The molecular weight excluding hydrogens is 275 g/mol. The number of anilines is 1. The summed E-state index contributed by atoms with van der Waals surface area (Å²) in [6.07, 6.45) is 0.472. The van der Waals surface area contributed by atoms with Gasteiger partial charge in [-0.3, -0.25) is 0 Å². The maximum Gasteiger partial charge on any atom is 0.152 e. The molecule has 0 aliphatic rings. The first-order chi connectivity index (χ1) is 9.65. The molecule has 0 aliphatic heterocycles. The smallest absolute Gasteiger partial charge is 0.152 e. The Labute approximate surface area is 119 Å². The van der Waals surface area contributed by atoms with E-state index in [0.29, 0.717) is 18.1 Å². The van der Waals surface area contributed by atoms with Crippen molar-refractivity contribution >= 4 is 27.4 Å². The summed E-state index contributed by atoms with van der Waals surface area (Å²) in [7, 11) is 0. The number of nitrogens with zero attached hydrogens (tertiary/aromatic N) is 2. The lowest BCUT2D eigenvalue weighted by molar-refractivity contribution is 0.626. The Balaban J connectivity index is 2.03. The van der Waals surface area contributed by atoms with E-state index in [-0.39, 0.29) is 5.82 Å². The van der Waals surface area contributed by atoms with Gasteiger partial charge in [-0.05, 0) is 30.7 Å². The molecule has 0 fully saturated rings. The number of benzene rings is 1. The number of nitrogen functional groups attached to an aromatic ring is 1. The minimum absolute atomic E-state index is 0.257. The molecule has 0 bridgehead atoms. The molecule has 2 heterocycles. The standard InChI is InChI=1S/C14H13FN4S/c1-8-5-11-13(19-16)17-12(18-14(11)20-8)7-9-3-2-4-10(15)6-9/h2-6H,7,16H2,1H3,(H,17,18,19). The van der Waals surface area contributed by atoms with Crippen molar-refractivity contribution in [2.45, 2.75) is 13.3 Å². The second-order valence-electron chi connectivity index (χ2n) is 4.52. The molecule has 3 aromatic rings. The molecule has 2 aromatic heterocycles. The van der Waals surface area contributed by atoms with Crippen molar-refractivity contribution in [1.29, 1.82) is 0 Å². The average molecular weight is 288 g/mol. The summed E-state index contributed by atoms with van der Waals surface area (Å²) in [4.78, 5) is 10.9. The van der Waals surface area contributed by atoms with E-state index in [1.54, 1.807) is 17.4 Å². The predicted molar refractivity (Wildman–Crippen MR) is 79.2 cm³/mol. The molecule has 3 rings (SSSR count). The van der Waals surface area contributed by atoms with Gasteiger partial charge in [-0.1, -0.05) is 12.1 Å². The zero-order chi connectivity index (χ0) is 14.1. The summed E-state index contributed by atoms with van der Waals surface area (Å²) in [6.45, 7) is 2.01. The lowest BCUT2D eigenvalue weighted by atomic mass is 10.1. The number of hydrogen-bond acceptors (Lipinski definition) is 5. The monoisotopic (exact) mass is 288 g/mol. The number of nitrogens with one attached hydrogen (secondary N) is 1. The number of nitrogens with two attached hydrogens (primary N) is 1. The van der Waals surface area contributed by atoms with Crippen molar-refractivity contribution in [2.24, 2.45) is 5.84 Å². The number of hydrogen-bond donors (Lipinski definition) is 2. The number of rotatable bonds is 3. The number of fused-ring (bicyclic) bond motifs is 1. The van der Waals surface area contributed by atoms with Crippen LogP contribution in [0.1, 0.15) is 16.3 Å². The van der Waals surface area contributed by atoms with Crippen molar-refractivity contribution in [3.63, 3.8) is 0 Å². The van der Waals surface area contributed by atoms with Crippen LogP contribution < -0.4 is 11.3 Å². The summed E-state index contributed by atoms with van der Waals surface area (Å²) in [5.41, 5.74) is 3.44. The molecule has 0 spiro atoms. The number of thiophene rings is 1. The zero-order valence-electron chi connectivity index (χ0n) is 10.9. The molecule has 20 heavy (non-hydrogen) atoms. The summed E-state index contributed by atoms with van der Waals surface area (Å²) < 4.78 is 13.2. The van der Waals surface area contributed by atoms with Gasteiger partial charge in [-0.15, -0.1) is 11.3 Å². The molecule has 1 aromatic carbocycles. The number of aryl methyl sites for hydroxylation is 1. The van der Waals surface area contributed by atoms with Crippen LogP contribution in [0, 0.1) is 12.7 Å². The Kier molecular flexibility index (Phi) is 3.33. The van der Waals surface area contributed by atoms with Gasteiger partial charge in [0.1, 0.15) is 16.5 Å². The van der Waals surface area contributed by atoms with Crippen LogP contribution in [0.5, 0.6) is 0 Å². The Morgan fingerprint density at radius 3 is 2.90 bits per heavy atom. The highest BCUT2D eigenvalue weighted by Gasteiger charge is 2.10. The molecule has 4 nitrogen and oxygen atoms in total. The van der Waals surface area contributed by atoms with Gasteiger partial charge in [0.2, 0.25) is 0 Å². The molecule has 0 amide bonds. The van der Waals surface area contributed by atoms with Crippen LogP contribution in [0.2, 0.25) is 0 Å². The highest BCUT2D eigenvalue weighted by molar-refractivity contribution is 7.18. The molecule has 0 radical (unpaired) electrons. The summed E-state index contributed by atoms with van der Waals surface area (Å²) >= 11 is 1.59. The van der Waals surface area contributed by atoms with Crippen LogP contribution in [0.15, 0.2) is 30.3 Å². The minimum Gasteiger partial charge on any atom is -0.308 e. The first-order valence-corrected chi connectivity index (χ1v) is 6.95. The van der Waals surface area contributed by atoms with Crippen LogP contribution >= 0.6 is 11.3 Å². The van der Waals surface area contributed by atoms with Crippen LogP contribution in [0.3, 0.4) is 0 Å². The number of aromatic nitrogens is 2. The van der Waals surface area contributed by atoms with E-state index in [1.165, 1.54) is 12.1 Å². The molecule has 0 saturated carbocycles. The molecule has 0 aliphatic carbocycles. The van der Waals surface area contributed by atoms with E-state index in [9.17, 15) is 4.39 Å². The van der Waals surface area contributed by atoms with Crippen LogP contribution in [-0.4, -0.2) is 9.97 Å². The van der Waals surface area contributed by atoms with Crippen LogP contribution in [0.4, 0.5) is 10.2 Å². The Morgan fingerprint density at radius 2 is 2.15 bits per heavy atom. The predicted octanol–water partition coefficient (Wildman–Crippen LogP) is 3.02. The van der Waals surface area contributed by atoms with Gasteiger partial charge in [0.05, 0.1) is 5.39 Å². The third-order valence-corrected chi connectivity index (χ3v) is 3.89. The van der Waals surface area contributed by atoms with Crippen molar-refractivity contribution < 1.29 is 4.39 Å². The quantitative estimate of drug-likeness (QED) is 0.574. The molecule has 0 unspecified atom stereocenters. The molecule has 102 valence electrons. The lowest BCUT2D eigenvalue weighted by Crippen LogP contribution is -2.11. The first-order valence-electron chi connectivity index (χ1n) is 6.14. The highest BCUT2D eigenvalue weighted by atomic mass is 32.1. The Morgan fingerprint density at radius 1 is 1.30 bits per heavy atom. The average Bonchev–Trinajstić information content (AvgIpc) is 2.78. The molecule has 0 atom stereocenters. The van der Waals surface area contributed by atoms with Crippen LogP contribution in [-0.2, 0) is 6.42 Å². The largest absolute Gasteiger partial charge is 0.308 e. The number of halogens is 1. The van der Waals surface area contributed by atoms with Gasteiger partial charge in [0, 0.05) is 11.3 Å². The van der Waals surface area contributed by atoms with Crippen molar-refractivity contribution in [3.8, 4) is 0 Å². The maximum atomic E-state index is 13.2. The molecule has 0 saturated heterocycles. The van der Waals surface area contributed by atoms with Crippen LogP contribution in [0.25, 0.3) is 10.2 Å². The van der Waals surface area contributed by atoms with E-state index >= 15 is 0 Å². The van der Waals surface area contributed by atoms with E-state index in [1.807, 2.05) is 19.1 Å². The first kappa shape index (κ1) is 13.0.